The van der Waals surface area contributed by atoms with Crippen LogP contribution in [0, 0.1) is 13.8 Å². The van der Waals surface area contributed by atoms with Crippen molar-refractivity contribution in [2.75, 3.05) is 0 Å². The largest absolute Gasteiger partial charge is 0.269 e. The second kappa shape index (κ2) is 6.23. The Bertz CT molecular complexity index is 1170. The lowest BCUT2D eigenvalue weighted by Gasteiger charge is -2.03. The third-order valence-corrected chi connectivity index (χ3v) is 4.96. The maximum absolute atomic E-state index is 12.2. The molecule has 0 aromatic carbocycles. The number of hydrogen-bond acceptors (Lipinski definition) is 6. The van der Waals surface area contributed by atoms with E-state index in [4.69, 9.17) is 0 Å². The summed E-state index contributed by atoms with van der Waals surface area (Å²) in [6.45, 7) is 3.90. The van der Waals surface area contributed by atoms with Crippen LogP contribution in [0.15, 0.2) is 44.9 Å². The summed E-state index contributed by atoms with van der Waals surface area (Å²) >= 11 is 4.79. The summed E-state index contributed by atoms with van der Waals surface area (Å²) in [5, 5.41) is 5.06. The average Bonchev–Trinajstić information content (AvgIpc) is 2.97. The molecule has 126 valence electrons. The fraction of sp³-hybridized carbons (Fsp3) is 0.188. The van der Waals surface area contributed by atoms with Crippen molar-refractivity contribution in [3.8, 4) is 0 Å². The monoisotopic (exact) mass is 416 g/mol. The van der Waals surface area contributed by atoms with Crippen LogP contribution in [0.2, 0.25) is 0 Å². The van der Waals surface area contributed by atoms with Gasteiger partial charge in [0.2, 0.25) is 5.16 Å². The fourth-order valence-electron chi connectivity index (χ4n) is 2.55. The summed E-state index contributed by atoms with van der Waals surface area (Å²) in [7, 11) is 0. The molecule has 0 atom stereocenters. The molecule has 7 nitrogen and oxygen atoms in total. The summed E-state index contributed by atoms with van der Waals surface area (Å²) in [6.07, 6.45) is 1.71. The lowest BCUT2D eigenvalue weighted by atomic mass is 10.4. The zero-order valence-corrected chi connectivity index (χ0v) is 15.9. The van der Waals surface area contributed by atoms with E-state index in [0.29, 0.717) is 28.0 Å². The quantitative estimate of drug-likeness (QED) is 0.477. The number of aromatic nitrogens is 6. The van der Waals surface area contributed by atoms with Crippen LogP contribution >= 0.6 is 27.7 Å². The molecule has 0 bridgehead atoms. The predicted molar refractivity (Wildman–Crippen MR) is 99.0 cm³/mol. The summed E-state index contributed by atoms with van der Waals surface area (Å²) in [5.41, 5.74) is 3.08. The van der Waals surface area contributed by atoms with Gasteiger partial charge in [-0.2, -0.15) is 4.98 Å². The third kappa shape index (κ3) is 3.16. The molecule has 4 rings (SSSR count). The van der Waals surface area contributed by atoms with Crippen LogP contribution in [-0.4, -0.2) is 29.0 Å². The maximum Gasteiger partial charge on any atom is 0.258 e. The van der Waals surface area contributed by atoms with E-state index in [2.05, 4.69) is 36.0 Å². The normalized spacial score (nSPS) is 11.5. The van der Waals surface area contributed by atoms with Crippen molar-refractivity contribution in [1.82, 2.24) is 29.0 Å². The van der Waals surface area contributed by atoms with Crippen molar-refractivity contribution >= 4 is 39.1 Å². The first kappa shape index (κ1) is 16.2. The van der Waals surface area contributed by atoms with Gasteiger partial charge in [0.25, 0.3) is 11.3 Å². The third-order valence-electron chi connectivity index (χ3n) is 3.62. The smallest absolute Gasteiger partial charge is 0.258 e. The Kier molecular flexibility index (Phi) is 4.04. The molecule has 0 spiro atoms. The SMILES string of the molecule is Cc1cc(C)n2nc(SCc3cc(=O)n4cc(Br)ccc4n3)nc2n1. The number of halogens is 1. The van der Waals surface area contributed by atoms with E-state index in [0.717, 1.165) is 15.9 Å². The lowest BCUT2D eigenvalue weighted by molar-refractivity contribution is 0.843. The predicted octanol–water partition coefficient (Wildman–Crippen LogP) is 2.80. The van der Waals surface area contributed by atoms with Gasteiger partial charge in [-0.05, 0) is 48.0 Å². The van der Waals surface area contributed by atoms with Gasteiger partial charge in [0, 0.05) is 33.9 Å². The molecule has 4 aromatic heterocycles. The molecular formula is C16H13BrN6OS. The van der Waals surface area contributed by atoms with Gasteiger partial charge < -0.3 is 0 Å². The van der Waals surface area contributed by atoms with Crippen molar-refractivity contribution in [3.63, 3.8) is 0 Å². The van der Waals surface area contributed by atoms with Crippen LogP contribution in [0.25, 0.3) is 11.4 Å². The van der Waals surface area contributed by atoms with Crippen molar-refractivity contribution in [1.29, 1.82) is 0 Å². The van der Waals surface area contributed by atoms with Gasteiger partial charge in [0.15, 0.2) is 0 Å². The number of thioether (sulfide) groups is 1. The van der Waals surface area contributed by atoms with Crippen LogP contribution in [0.3, 0.4) is 0 Å². The first-order valence-electron chi connectivity index (χ1n) is 7.51. The minimum atomic E-state index is -0.113. The minimum Gasteiger partial charge on any atom is -0.269 e. The van der Waals surface area contributed by atoms with Crippen LogP contribution in [0.4, 0.5) is 0 Å². The van der Waals surface area contributed by atoms with Crippen LogP contribution < -0.4 is 5.56 Å². The molecule has 25 heavy (non-hydrogen) atoms. The van der Waals surface area contributed by atoms with Crippen molar-refractivity contribution < 1.29 is 0 Å². The Morgan fingerprint density at radius 1 is 1.16 bits per heavy atom. The van der Waals surface area contributed by atoms with Gasteiger partial charge in [-0.3, -0.25) is 9.20 Å². The molecule has 0 amide bonds. The van der Waals surface area contributed by atoms with Gasteiger partial charge in [0.05, 0.1) is 5.69 Å². The second-order valence-corrected chi connectivity index (χ2v) is 7.45. The van der Waals surface area contributed by atoms with Crippen LogP contribution in [0.1, 0.15) is 17.1 Å². The van der Waals surface area contributed by atoms with Gasteiger partial charge >= 0.3 is 0 Å². The van der Waals surface area contributed by atoms with E-state index in [1.165, 1.54) is 22.2 Å². The number of rotatable bonds is 3. The number of nitrogens with zero attached hydrogens (tertiary/aromatic N) is 6. The Morgan fingerprint density at radius 3 is 2.84 bits per heavy atom. The Hall–Kier alpha value is -2.26. The van der Waals surface area contributed by atoms with Crippen molar-refractivity contribution in [2.24, 2.45) is 0 Å². The van der Waals surface area contributed by atoms with Gasteiger partial charge in [-0.15, -0.1) is 5.10 Å². The van der Waals surface area contributed by atoms with Gasteiger partial charge in [-0.25, -0.2) is 14.5 Å². The number of fused-ring (bicyclic) bond motifs is 2. The van der Waals surface area contributed by atoms with Crippen LogP contribution in [0.5, 0.6) is 0 Å². The Labute approximate surface area is 155 Å². The van der Waals surface area contributed by atoms with Crippen molar-refractivity contribution in [3.05, 3.63) is 62.4 Å². The molecule has 0 radical (unpaired) electrons. The molecular weight excluding hydrogens is 404 g/mol. The van der Waals surface area contributed by atoms with Crippen LogP contribution in [-0.2, 0) is 5.75 Å². The zero-order chi connectivity index (χ0) is 17.6. The minimum absolute atomic E-state index is 0.113. The van der Waals surface area contributed by atoms with E-state index in [9.17, 15) is 4.79 Å². The van der Waals surface area contributed by atoms with E-state index < -0.39 is 0 Å². The highest BCUT2D eigenvalue weighted by atomic mass is 79.9. The molecule has 0 aliphatic heterocycles. The number of aryl methyl sites for hydroxylation is 2. The lowest BCUT2D eigenvalue weighted by Crippen LogP contribution is -2.15. The summed E-state index contributed by atoms with van der Waals surface area (Å²) in [5.74, 6) is 1.09. The first-order valence-corrected chi connectivity index (χ1v) is 9.29. The average molecular weight is 417 g/mol. The summed E-state index contributed by atoms with van der Waals surface area (Å²) in [4.78, 5) is 25.6. The number of pyridine rings is 1. The Morgan fingerprint density at radius 2 is 2.00 bits per heavy atom. The highest BCUT2D eigenvalue weighted by molar-refractivity contribution is 9.10. The zero-order valence-electron chi connectivity index (χ0n) is 13.5. The highest BCUT2D eigenvalue weighted by Gasteiger charge is 2.10. The first-order chi connectivity index (χ1) is 12.0. The molecule has 0 fully saturated rings. The van der Waals surface area contributed by atoms with E-state index in [1.54, 1.807) is 16.8 Å². The molecule has 0 unspecified atom stereocenters. The summed E-state index contributed by atoms with van der Waals surface area (Å²) in [6, 6.07) is 7.16. The maximum atomic E-state index is 12.2. The molecule has 0 aliphatic rings. The van der Waals surface area contributed by atoms with E-state index >= 15 is 0 Å². The molecule has 4 heterocycles. The standard InChI is InChI=1S/C16H13BrN6OS/c1-9-5-10(2)23-15(18-9)20-16(21-23)25-8-12-6-14(24)22-7-11(17)3-4-13(22)19-12/h3-7H,8H2,1-2H3. The molecule has 0 N–H and O–H groups in total. The van der Waals surface area contributed by atoms with Gasteiger partial charge in [-0.1, -0.05) is 11.8 Å². The molecule has 4 aromatic rings. The van der Waals surface area contributed by atoms with E-state index in [1.807, 2.05) is 26.0 Å². The Balaban J connectivity index is 1.63. The highest BCUT2D eigenvalue weighted by Crippen LogP contribution is 2.19. The molecule has 0 saturated heterocycles. The second-order valence-electron chi connectivity index (χ2n) is 5.59. The topological polar surface area (TPSA) is 77.5 Å². The fourth-order valence-corrected chi connectivity index (χ4v) is 3.59. The molecule has 0 aliphatic carbocycles. The molecule has 0 saturated carbocycles. The molecule has 9 heteroatoms. The van der Waals surface area contributed by atoms with Crippen molar-refractivity contribution in [2.45, 2.75) is 24.8 Å². The number of hydrogen-bond donors (Lipinski definition) is 0. The van der Waals surface area contributed by atoms with Gasteiger partial charge in [0.1, 0.15) is 5.65 Å². The summed E-state index contributed by atoms with van der Waals surface area (Å²) < 4.78 is 4.06. The van der Waals surface area contributed by atoms with E-state index in [-0.39, 0.29) is 5.56 Å².